The summed E-state index contributed by atoms with van der Waals surface area (Å²) in [6.45, 7) is 4.15. The number of carbonyl (C=O) groups is 1. The third-order valence-electron chi connectivity index (χ3n) is 3.95. The first-order valence-electron chi connectivity index (χ1n) is 7.16. The van der Waals surface area contributed by atoms with E-state index in [1.54, 1.807) is 0 Å². The molecule has 1 aromatic heterocycles. The second-order valence-electron chi connectivity index (χ2n) is 5.53. The van der Waals surface area contributed by atoms with Gasteiger partial charge in [0.05, 0.1) is 12.7 Å². The molecule has 1 saturated carbocycles. The molecule has 0 saturated heterocycles. The minimum Gasteiger partial charge on any atom is -0.354 e. The van der Waals surface area contributed by atoms with Crippen LogP contribution in [0.5, 0.6) is 0 Å². The first-order valence-corrected chi connectivity index (χ1v) is 7.16. The Hall–Kier alpha value is -1.36. The van der Waals surface area contributed by atoms with Gasteiger partial charge in [-0.1, -0.05) is 0 Å². The first-order chi connectivity index (χ1) is 9.19. The van der Waals surface area contributed by atoms with Crippen molar-refractivity contribution in [1.82, 2.24) is 15.1 Å². The lowest BCUT2D eigenvalue weighted by Crippen LogP contribution is -2.35. The molecule has 0 unspecified atom stereocenters. The third-order valence-corrected chi connectivity index (χ3v) is 3.95. The Morgan fingerprint density at radius 2 is 2.21 bits per heavy atom. The Kier molecular flexibility index (Phi) is 4.96. The molecule has 2 rings (SSSR count). The fourth-order valence-corrected chi connectivity index (χ4v) is 2.69. The number of rotatable bonds is 5. The van der Waals surface area contributed by atoms with E-state index < -0.39 is 0 Å². The monoisotopic (exact) mass is 264 g/mol. The van der Waals surface area contributed by atoms with Crippen LogP contribution < -0.4 is 11.1 Å². The van der Waals surface area contributed by atoms with Gasteiger partial charge in [0.1, 0.15) is 0 Å². The van der Waals surface area contributed by atoms with Gasteiger partial charge in [0, 0.05) is 18.7 Å². The second-order valence-corrected chi connectivity index (χ2v) is 5.53. The van der Waals surface area contributed by atoms with Crippen molar-refractivity contribution >= 4 is 5.91 Å². The van der Waals surface area contributed by atoms with Crippen molar-refractivity contribution in [3.63, 3.8) is 0 Å². The smallest absolute Gasteiger partial charge is 0.223 e. The van der Waals surface area contributed by atoms with E-state index in [1.165, 1.54) is 0 Å². The molecule has 0 bridgehead atoms. The molecule has 0 atom stereocenters. The molecular formula is C14H24N4O. The molecule has 5 nitrogen and oxygen atoms in total. The van der Waals surface area contributed by atoms with Crippen molar-refractivity contribution < 1.29 is 4.79 Å². The second kappa shape index (κ2) is 6.70. The van der Waals surface area contributed by atoms with E-state index in [1.807, 2.05) is 24.0 Å². The Morgan fingerprint density at radius 3 is 2.79 bits per heavy atom. The van der Waals surface area contributed by atoms with Gasteiger partial charge in [-0.3, -0.25) is 9.48 Å². The van der Waals surface area contributed by atoms with E-state index in [-0.39, 0.29) is 11.8 Å². The molecule has 1 fully saturated rings. The summed E-state index contributed by atoms with van der Waals surface area (Å²) in [6.07, 6.45) is 7.96. The average Bonchev–Trinajstić information content (AvgIpc) is 2.84. The largest absolute Gasteiger partial charge is 0.354 e. The SMILES string of the molecule is Cc1cnn(CCNC(=O)C2CCC(CN)CC2)c1. The summed E-state index contributed by atoms with van der Waals surface area (Å²) in [4.78, 5) is 12.0. The molecule has 1 amide bonds. The number of nitrogens with one attached hydrogen (secondary N) is 1. The van der Waals surface area contributed by atoms with Gasteiger partial charge >= 0.3 is 0 Å². The predicted octanol–water partition coefficient (Wildman–Crippen LogP) is 1.07. The highest BCUT2D eigenvalue weighted by molar-refractivity contribution is 5.78. The van der Waals surface area contributed by atoms with Crippen LogP contribution in [0.2, 0.25) is 0 Å². The summed E-state index contributed by atoms with van der Waals surface area (Å²) in [6, 6.07) is 0. The highest BCUT2D eigenvalue weighted by Gasteiger charge is 2.25. The maximum absolute atomic E-state index is 12.0. The van der Waals surface area contributed by atoms with Crippen molar-refractivity contribution in [3.8, 4) is 0 Å². The van der Waals surface area contributed by atoms with Gasteiger partial charge in [0.25, 0.3) is 0 Å². The maximum Gasteiger partial charge on any atom is 0.223 e. The lowest BCUT2D eigenvalue weighted by atomic mass is 9.81. The van der Waals surface area contributed by atoms with Gasteiger partial charge in [0.15, 0.2) is 0 Å². The molecule has 0 aromatic carbocycles. The Labute approximate surface area is 114 Å². The van der Waals surface area contributed by atoms with Gasteiger partial charge in [0.2, 0.25) is 5.91 Å². The van der Waals surface area contributed by atoms with Crippen molar-refractivity contribution in [3.05, 3.63) is 18.0 Å². The average molecular weight is 264 g/mol. The molecule has 1 aliphatic rings. The summed E-state index contributed by atoms with van der Waals surface area (Å²) < 4.78 is 1.86. The van der Waals surface area contributed by atoms with Crippen LogP contribution in [0.25, 0.3) is 0 Å². The normalized spacial score (nSPS) is 23.3. The van der Waals surface area contributed by atoms with Crippen LogP contribution in [0.15, 0.2) is 12.4 Å². The van der Waals surface area contributed by atoms with Crippen LogP contribution in [0.3, 0.4) is 0 Å². The zero-order chi connectivity index (χ0) is 13.7. The van der Waals surface area contributed by atoms with E-state index in [2.05, 4.69) is 10.4 Å². The molecule has 3 N–H and O–H groups in total. The zero-order valence-corrected chi connectivity index (χ0v) is 11.6. The molecule has 0 spiro atoms. The van der Waals surface area contributed by atoms with Gasteiger partial charge in [-0.25, -0.2) is 0 Å². The maximum atomic E-state index is 12.0. The van der Waals surface area contributed by atoms with Gasteiger partial charge in [-0.05, 0) is 50.6 Å². The van der Waals surface area contributed by atoms with Crippen molar-refractivity contribution in [2.75, 3.05) is 13.1 Å². The van der Waals surface area contributed by atoms with Crippen LogP contribution in [-0.4, -0.2) is 28.8 Å². The van der Waals surface area contributed by atoms with E-state index in [0.717, 1.165) is 44.3 Å². The fraction of sp³-hybridized carbons (Fsp3) is 0.714. The van der Waals surface area contributed by atoms with Gasteiger partial charge in [-0.15, -0.1) is 0 Å². The van der Waals surface area contributed by atoms with E-state index >= 15 is 0 Å². The molecule has 106 valence electrons. The summed E-state index contributed by atoms with van der Waals surface area (Å²) in [7, 11) is 0. The number of hydrogen-bond acceptors (Lipinski definition) is 3. The predicted molar refractivity (Wildman–Crippen MR) is 74.5 cm³/mol. The van der Waals surface area contributed by atoms with E-state index in [4.69, 9.17) is 5.73 Å². The lowest BCUT2D eigenvalue weighted by Gasteiger charge is -2.26. The summed E-state index contributed by atoms with van der Waals surface area (Å²) in [5.74, 6) is 0.998. The van der Waals surface area contributed by atoms with Crippen molar-refractivity contribution in [1.29, 1.82) is 0 Å². The molecule has 1 heterocycles. The van der Waals surface area contributed by atoms with Crippen molar-refractivity contribution in [2.45, 2.75) is 39.2 Å². The number of amides is 1. The number of nitrogens with two attached hydrogens (primary N) is 1. The number of carbonyl (C=O) groups excluding carboxylic acids is 1. The third kappa shape index (κ3) is 4.06. The van der Waals surface area contributed by atoms with Gasteiger partial charge in [-0.2, -0.15) is 5.10 Å². The zero-order valence-electron chi connectivity index (χ0n) is 11.6. The molecule has 0 radical (unpaired) electrons. The van der Waals surface area contributed by atoms with Gasteiger partial charge < -0.3 is 11.1 Å². The van der Waals surface area contributed by atoms with Crippen LogP contribution >= 0.6 is 0 Å². The Bertz CT molecular complexity index is 407. The summed E-state index contributed by atoms with van der Waals surface area (Å²) in [5, 5.41) is 7.21. The summed E-state index contributed by atoms with van der Waals surface area (Å²) >= 11 is 0. The molecular weight excluding hydrogens is 240 g/mol. The first kappa shape index (κ1) is 14.1. The van der Waals surface area contributed by atoms with E-state index in [9.17, 15) is 4.79 Å². The van der Waals surface area contributed by atoms with Crippen LogP contribution in [0, 0.1) is 18.8 Å². The number of nitrogens with zero attached hydrogens (tertiary/aromatic N) is 2. The van der Waals surface area contributed by atoms with Crippen molar-refractivity contribution in [2.24, 2.45) is 17.6 Å². The van der Waals surface area contributed by atoms with Crippen LogP contribution in [-0.2, 0) is 11.3 Å². The number of aromatic nitrogens is 2. The standard InChI is InChI=1S/C14H24N4O/c1-11-9-17-18(10-11)7-6-16-14(19)13-4-2-12(8-15)3-5-13/h9-10,12-13H,2-8,15H2,1H3,(H,16,19). The molecule has 1 aromatic rings. The van der Waals surface area contributed by atoms with E-state index in [0.29, 0.717) is 12.5 Å². The highest BCUT2D eigenvalue weighted by atomic mass is 16.1. The number of aryl methyl sites for hydroxylation is 1. The quantitative estimate of drug-likeness (QED) is 0.835. The van der Waals surface area contributed by atoms with Crippen LogP contribution in [0.1, 0.15) is 31.2 Å². The lowest BCUT2D eigenvalue weighted by molar-refractivity contribution is -0.126. The molecule has 5 heteroatoms. The summed E-state index contributed by atoms with van der Waals surface area (Å²) in [5.41, 5.74) is 6.81. The molecule has 19 heavy (non-hydrogen) atoms. The Morgan fingerprint density at radius 1 is 1.47 bits per heavy atom. The minimum absolute atomic E-state index is 0.183. The van der Waals surface area contributed by atoms with Crippen LogP contribution in [0.4, 0.5) is 0 Å². The molecule has 1 aliphatic carbocycles. The Balaban J connectivity index is 1.67. The minimum atomic E-state index is 0.183. The highest BCUT2D eigenvalue weighted by Crippen LogP contribution is 2.27. The topological polar surface area (TPSA) is 72.9 Å². The number of hydrogen-bond donors (Lipinski definition) is 2. The molecule has 0 aliphatic heterocycles. The fourth-order valence-electron chi connectivity index (χ4n) is 2.69.